The first-order chi connectivity index (χ1) is 14.0. The van der Waals surface area contributed by atoms with E-state index in [1.807, 2.05) is 17.4 Å². The fourth-order valence-electron chi connectivity index (χ4n) is 7.48. The highest BCUT2D eigenvalue weighted by Gasteiger charge is 2.57. The molecule has 29 heavy (non-hydrogen) atoms. The summed E-state index contributed by atoms with van der Waals surface area (Å²) in [7, 11) is 0. The van der Waals surface area contributed by atoms with Gasteiger partial charge in [0.05, 0.1) is 20.8 Å². The Hall–Kier alpha value is -1.46. The molecule has 154 valence electrons. The second kappa shape index (κ2) is 6.52. The molecule has 5 fully saturated rings. The number of amides is 1. The summed E-state index contributed by atoms with van der Waals surface area (Å²) < 4.78 is 1.26. The number of aliphatic hydroxyl groups is 1. The number of hydrogen-bond acceptors (Lipinski definition) is 4. The number of fused-ring (bicyclic) bond motifs is 1. The molecule has 4 aliphatic carbocycles. The van der Waals surface area contributed by atoms with Crippen LogP contribution < -0.4 is 0 Å². The van der Waals surface area contributed by atoms with Crippen LogP contribution in [-0.2, 0) is 4.79 Å². The fourth-order valence-corrected chi connectivity index (χ4v) is 8.62. The number of hydrogen-bond donors (Lipinski definition) is 1. The lowest BCUT2D eigenvalue weighted by atomic mass is 9.47. The molecule has 0 radical (unpaired) electrons. The lowest BCUT2D eigenvalue weighted by Gasteiger charge is -2.60. The molecule has 2 unspecified atom stereocenters. The normalized spacial score (nSPS) is 36.8. The Morgan fingerprint density at radius 2 is 1.86 bits per heavy atom. The Morgan fingerprint density at radius 3 is 2.55 bits per heavy atom. The number of likely N-dealkylation sites (tertiary alicyclic amines) is 1. The van der Waals surface area contributed by atoms with Crippen LogP contribution in [0, 0.1) is 17.3 Å². The molecule has 4 saturated carbocycles. The van der Waals surface area contributed by atoms with E-state index >= 15 is 0 Å². The molecule has 1 aromatic heterocycles. The number of piperidine rings is 1. The van der Waals surface area contributed by atoms with Gasteiger partial charge >= 0.3 is 0 Å². The van der Waals surface area contributed by atoms with Crippen LogP contribution in [0.3, 0.4) is 0 Å². The number of thiazole rings is 1. The molecule has 2 heterocycles. The minimum Gasteiger partial charge on any atom is -0.390 e. The Labute approximate surface area is 176 Å². The van der Waals surface area contributed by atoms with E-state index < -0.39 is 5.60 Å². The zero-order valence-electron chi connectivity index (χ0n) is 17.0. The first kappa shape index (κ1) is 18.3. The van der Waals surface area contributed by atoms with E-state index in [1.54, 1.807) is 0 Å². The number of nitrogens with zero attached hydrogens (tertiary/aromatic N) is 2. The monoisotopic (exact) mass is 410 g/mol. The van der Waals surface area contributed by atoms with Crippen LogP contribution in [0.15, 0.2) is 24.3 Å². The third-order valence-corrected chi connectivity index (χ3v) is 9.38. The van der Waals surface area contributed by atoms with Crippen LogP contribution >= 0.6 is 11.3 Å². The van der Waals surface area contributed by atoms with Gasteiger partial charge in [0.25, 0.3) is 0 Å². The highest BCUT2D eigenvalue weighted by molar-refractivity contribution is 7.18. The van der Waals surface area contributed by atoms with Crippen molar-refractivity contribution in [3.8, 4) is 0 Å². The Bertz CT molecular complexity index is 898. The Kier molecular flexibility index (Phi) is 4.12. The summed E-state index contributed by atoms with van der Waals surface area (Å²) in [5.74, 6) is 2.12. The first-order valence-corrected chi connectivity index (χ1v) is 12.2. The first-order valence-electron chi connectivity index (χ1n) is 11.3. The molecule has 1 aromatic carbocycles. The van der Waals surface area contributed by atoms with Crippen LogP contribution in [0.5, 0.6) is 0 Å². The van der Waals surface area contributed by atoms with Gasteiger partial charge in [-0.25, -0.2) is 4.98 Å². The average Bonchev–Trinajstić information content (AvgIpc) is 3.10. The quantitative estimate of drug-likeness (QED) is 0.796. The van der Waals surface area contributed by atoms with Crippen molar-refractivity contribution in [3.63, 3.8) is 0 Å². The number of benzene rings is 1. The number of para-hydroxylation sites is 1. The second-order valence-electron chi connectivity index (χ2n) is 10.5. The fraction of sp³-hybridized carbons (Fsp3) is 0.667. The molecule has 1 aliphatic heterocycles. The van der Waals surface area contributed by atoms with Crippen molar-refractivity contribution in [2.24, 2.45) is 17.3 Å². The van der Waals surface area contributed by atoms with Gasteiger partial charge in [-0.1, -0.05) is 12.1 Å². The number of aromatic nitrogens is 1. The lowest BCUT2D eigenvalue weighted by molar-refractivity contribution is -0.172. The molecule has 2 aromatic rings. The summed E-state index contributed by atoms with van der Waals surface area (Å²) in [5.41, 5.74) is 0.718. The highest BCUT2D eigenvalue weighted by Crippen LogP contribution is 2.63. The van der Waals surface area contributed by atoms with E-state index in [0.29, 0.717) is 30.1 Å². The molecular formula is C24H30N2O2S. The Balaban J connectivity index is 1.11. The summed E-state index contributed by atoms with van der Waals surface area (Å²) in [6, 6.07) is 8.36. The van der Waals surface area contributed by atoms with Gasteiger partial charge in [-0.2, -0.15) is 0 Å². The van der Waals surface area contributed by atoms with Gasteiger partial charge in [0.2, 0.25) is 5.91 Å². The van der Waals surface area contributed by atoms with Crippen LogP contribution in [-0.4, -0.2) is 39.6 Å². The predicted octanol–water partition coefficient (Wildman–Crippen LogP) is 4.72. The zero-order chi connectivity index (χ0) is 19.6. The van der Waals surface area contributed by atoms with Crippen molar-refractivity contribution in [1.82, 2.24) is 9.88 Å². The van der Waals surface area contributed by atoms with Crippen molar-refractivity contribution in [3.05, 3.63) is 29.3 Å². The van der Waals surface area contributed by atoms with Crippen molar-refractivity contribution in [2.45, 2.75) is 69.3 Å². The number of carbonyl (C=O) groups excluding carboxylic acids is 1. The maximum atomic E-state index is 13.2. The number of carbonyl (C=O) groups is 1. The third kappa shape index (κ3) is 3.21. The van der Waals surface area contributed by atoms with Gasteiger partial charge in [-0.05, 0) is 80.8 Å². The van der Waals surface area contributed by atoms with Gasteiger partial charge in [0.15, 0.2) is 0 Å². The van der Waals surface area contributed by atoms with Crippen molar-refractivity contribution in [2.75, 3.05) is 13.1 Å². The van der Waals surface area contributed by atoms with Crippen LogP contribution in [0.25, 0.3) is 10.2 Å². The molecule has 0 spiro atoms. The van der Waals surface area contributed by atoms with E-state index in [0.717, 1.165) is 50.7 Å². The summed E-state index contributed by atoms with van der Waals surface area (Å²) in [6.45, 7) is 1.71. The van der Waals surface area contributed by atoms with Crippen molar-refractivity contribution < 1.29 is 9.90 Å². The Morgan fingerprint density at radius 1 is 1.14 bits per heavy atom. The van der Waals surface area contributed by atoms with E-state index in [2.05, 4.69) is 23.1 Å². The maximum absolute atomic E-state index is 13.2. The molecule has 7 rings (SSSR count). The smallest absolute Gasteiger partial charge is 0.223 e. The van der Waals surface area contributed by atoms with Gasteiger partial charge in [0.1, 0.15) is 0 Å². The topological polar surface area (TPSA) is 53.4 Å². The van der Waals surface area contributed by atoms with Crippen LogP contribution in [0.2, 0.25) is 0 Å². The summed E-state index contributed by atoms with van der Waals surface area (Å²) in [6.07, 6.45) is 9.14. The average molecular weight is 411 g/mol. The third-order valence-electron chi connectivity index (χ3n) is 8.18. The van der Waals surface area contributed by atoms with Gasteiger partial charge < -0.3 is 10.0 Å². The van der Waals surface area contributed by atoms with E-state index in [-0.39, 0.29) is 5.41 Å². The summed E-state index contributed by atoms with van der Waals surface area (Å²) >= 11 is 1.81. The minimum absolute atomic E-state index is 0.0831. The lowest BCUT2D eigenvalue weighted by Crippen LogP contribution is -2.56. The molecule has 1 N–H and O–H groups in total. The standard InChI is InChI=1S/C24H30N2O2S/c27-21(14-23-10-16-9-17(11-23)13-24(28,12-16)15-23)26-7-5-18(6-8-26)22-25-19-3-1-2-4-20(19)29-22/h1-4,16-18,28H,5-15H2. The van der Waals surface area contributed by atoms with Crippen LogP contribution in [0.1, 0.15) is 68.7 Å². The summed E-state index contributed by atoms with van der Waals surface area (Å²) in [4.78, 5) is 20.2. The molecule has 4 nitrogen and oxygen atoms in total. The molecular weight excluding hydrogens is 380 g/mol. The minimum atomic E-state index is -0.468. The highest BCUT2D eigenvalue weighted by atomic mass is 32.1. The van der Waals surface area contributed by atoms with Gasteiger partial charge in [-0.3, -0.25) is 4.79 Å². The molecule has 1 amide bonds. The molecule has 5 aliphatic rings. The second-order valence-corrected chi connectivity index (χ2v) is 11.6. The SMILES string of the molecule is O=C(CC12CC3CC(CC(O)(C3)C1)C2)N1CCC(c2nc3ccccc3s2)CC1. The molecule has 4 bridgehead atoms. The van der Waals surface area contributed by atoms with E-state index in [4.69, 9.17) is 4.98 Å². The van der Waals surface area contributed by atoms with E-state index in [1.165, 1.54) is 29.0 Å². The molecule has 2 atom stereocenters. The number of rotatable bonds is 3. The van der Waals surface area contributed by atoms with Gasteiger partial charge in [-0.15, -0.1) is 11.3 Å². The largest absolute Gasteiger partial charge is 0.390 e. The maximum Gasteiger partial charge on any atom is 0.223 e. The van der Waals surface area contributed by atoms with Crippen molar-refractivity contribution >= 4 is 27.5 Å². The van der Waals surface area contributed by atoms with Crippen LogP contribution in [0.4, 0.5) is 0 Å². The zero-order valence-corrected chi connectivity index (χ0v) is 17.8. The predicted molar refractivity (Wildman–Crippen MR) is 115 cm³/mol. The van der Waals surface area contributed by atoms with Gasteiger partial charge in [0, 0.05) is 25.4 Å². The summed E-state index contributed by atoms with van der Waals surface area (Å²) in [5, 5.41) is 12.2. The molecule has 5 heteroatoms. The van der Waals surface area contributed by atoms with E-state index in [9.17, 15) is 9.90 Å². The van der Waals surface area contributed by atoms with Crippen molar-refractivity contribution in [1.29, 1.82) is 0 Å². The molecule has 1 saturated heterocycles.